The Kier molecular flexibility index (Phi) is 5.61. The molecule has 1 unspecified atom stereocenters. The minimum absolute atomic E-state index is 0.0502. The molecule has 1 heterocycles. The van der Waals surface area contributed by atoms with Crippen LogP contribution in [-0.4, -0.2) is 31.7 Å². The van der Waals surface area contributed by atoms with Gasteiger partial charge in [-0.25, -0.2) is 8.42 Å². The third-order valence-electron chi connectivity index (χ3n) is 5.03. The molecule has 28 heavy (non-hydrogen) atoms. The van der Waals surface area contributed by atoms with Crippen LogP contribution >= 0.6 is 0 Å². The van der Waals surface area contributed by atoms with Gasteiger partial charge < -0.3 is 15.7 Å². The second-order valence-electron chi connectivity index (χ2n) is 7.53. The van der Waals surface area contributed by atoms with Crippen LogP contribution in [0.5, 0.6) is 0 Å². The van der Waals surface area contributed by atoms with E-state index in [1.54, 1.807) is 63.2 Å². The number of nitrogens with one attached hydrogen (secondary N) is 2. The maximum absolute atomic E-state index is 12.8. The molecule has 1 atom stereocenters. The van der Waals surface area contributed by atoms with Crippen molar-refractivity contribution in [1.29, 1.82) is 0 Å². The summed E-state index contributed by atoms with van der Waals surface area (Å²) in [6.45, 7) is 5.63. The third kappa shape index (κ3) is 4.27. The molecule has 150 valence electrons. The average molecular weight is 403 g/mol. The molecule has 0 saturated heterocycles. The van der Waals surface area contributed by atoms with Crippen LogP contribution in [0.2, 0.25) is 0 Å². The summed E-state index contributed by atoms with van der Waals surface area (Å²) in [5.41, 5.74) is 2.13. The summed E-state index contributed by atoms with van der Waals surface area (Å²) in [4.78, 5) is 13.1. The largest absolute Gasteiger partial charge is 0.386 e. The smallest absolute Gasteiger partial charge is 0.246 e. The Morgan fingerprint density at radius 2 is 1.89 bits per heavy atom. The maximum atomic E-state index is 12.8. The molecular weight excluding hydrogens is 376 g/mol. The molecule has 1 aliphatic heterocycles. The Morgan fingerprint density at radius 1 is 1.21 bits per heavy atom. The van der Waals surface area contributed by atoms with E-state index in [4.69, 9.17) is 0 Å². The van der Waals surface area contributed by atoms with Gasteiger partial charge in [-0.1, -0.05) is 25.1 Å². The van der Waals surface area contributed by atoms with E-state index in [0.29, 0.717) is 23.5 Å². The number of rotatable bonds is 5. The molecule has 2 aromatic carbocycles. The highest BCUT2D eigenvalue weighted by atomic mass is 32.2. The van der Waals surface area contributed by atoms with E-state index in [2.05, 4.69) is 10.6 Å². The van der Waals surface area contributed by atoms with Gasteiger partial charge in [0, 0.05) is 12.2 Å². The van der Waals surface area contributed by atoms with Gasteiger partial charge in [0.15, 0.2) is 9.84 Å². The number of fused-ring (bicyclic) bond motifs is 1. The summed E-state index contributed by atoms with van der Waals surface area (Å²) in [6.07, 6.45) is 0.673. The number of hydrogen-bond acceptors (Lipinski definition) is 5. The van der Waals surface area contributed by atoms with Gasteiger partial charge in [0.25, 0.3) is 0 Å². The van der Waals surface area contributed by atoms with Gasteiger partial charge in [-0.2, -0.15) is 0 Å². The lowest BCUT2D eigenvalue weighted by Gasteiger charge is -2.26. The lowest BCUT2D eigenvalue weighted by atomic mass is 9.93. The van der Waals surface area contributed by atoms with Gasteiger partial charge in [-0.05, 0) is 61.2 Å². The lowest BCUT2D eigenvalue weighted by Crippen LogP contribution is -2.38. The predicted octanol–water partition coefficient (Wildman–Crippen LogP) is 2.53. The van der Waals surface area contributed by atoms with Crippen molar-refractivity contribution in [1.82, 2.24) is 5.32 Å². The minimum atomic E-state index is -3.28. The van der Waals surface area contributed by atoms with Gasteiger partial charge in [-0.15, -0.1) is 0 Å². The molecule has 1 aliphatic rings. The zero-order chi connectivity index (χ0) is 20.5. The summed E-state index contributed by atoms with van der Waals surface area (Å²) in [5, 5.41) is 16.1. The fourth-order valence-electron chi connectivity index (χ4n) is 3.31. The number of benzene rings is 2. The van der Waals surface area contributed by atoms with E-state index in [-0.39, 0.29) is 11.7 Å². The number of anilines is 1. The van der Waals surface area contributed by atoms with Gasteiger partial charge in [0.05, 0.1) is 16.2 Å². The Balaban J connectivity index is 1.81. The first-order chi connectivity index (χ1) is 13.1. The molecule has 3 rings (SSSR count). The van der Waals surface area contributed by atoms with E-state index in [9.17, 15) is 18.3 Å². The molecule has 0 fully saturated rings. The molecule has 0 aliphatic carbocycles. The fraction of sp³-hybridized carbons (Fsp3) is 0.381. The minimum Gasteiger partial charge on any atom is -0.386 e. The zero-order valence-electron chi connectivity index (χ0n) is 16.3. The van der Waals surface area contributed by atoms with Crippen molar-refractivity contribution in [3.63, 3.8) is 0 Å². The van der Waals surface area contributed by atoms with Gasteiger partial charge in [-0.3, -0.25) is 4.79 Å². The first kappa shape index (κ1) is 20.5. The second kappa shape index (κ2) is 7.66. The number of carbonyl (C=O) groups excluding carboxylic acids is 1. The summed E-state index contributed by atoms with van der Waals surface area (Å²) in [7, 11) is -3.28. The molecule has 0 radical (unpaired) electrons. The molecule has 1 amide bonds. The van der Waals surface area contributed by atoms with Crippen molar-refractivity contribution >= 4 is 21.4 Å². The third-order valence-corrected chi connectivity index (χ3v) is 6.76. The van der Waals surface area contributed by atoms with E-state index in [1.807, 2.05) is 0 Å². The zero-order valence-corrected chi connectivity index (χ0v) is 17.1. The van der Waals surface area contributed by atoms with Crippen molar-refractivity contribution in [2.45, 2.75) is 43.7 Å². The van der Waals surface area contributed by atoms with Crippen LogP contribution in [0.25, 0.3) is 0 Å². The van der Waals surface area contributed by atoms with Gasteiger partial charge in [0.1, 0.15) is 6.04 Å². The van der Waals surface area contributed by atoms with Gasteiger partial charge in [0.2, 0.25) is 5.91 Å². The summed E-state index contributed by atoms with van der Waals surface area (Å²) >= 11 is 0. The van der Waals surface area contributed by atoms with Crippen LogP contribution in [0.4, 0.5) is 5.69 Å². The number of hydrogen-bond donors (Lipinski definition) is 3. The number of sulfone groups is 1. The Labute approximate surface area is 165 Å². The Hall–Kier alpha value is -2.22. The number of aliphatic hydroxyl groups is 1. The highest BCUT2D eigenvalue weighted by Crippen LogP contribution is 2.28. The Bertz CT molecular complexity index is 976. The van der Waals surface area contributed by atoms with Crippen LogP contribution in [0.15, 0.2) is 47.4 Å². The highest BCUT2D eigenvalue weighted by Gasteiger charge is 2.27. The normalized spacial score (nSPS) is 17.1. The Morgan fingerprint density at radius 3 is 2.50 bits per heavy atom. The van der Waals surface area contributed by atoms with Crippen molar-refractivity contribution in [3.05, 3.63) is 59.2 Å². The van der Waals surface area contributed by atoms with E-state index >= 15 is 0 Å². The molecule has 0 saturated carbocycles. The molecule has 2 aromatic rings. The van der Waals surface area contributed by atoms with Crippen LogP contribution < -0.4 is 10.6 Å². The monoisotopic (exact) mass is 402 g/mol. The van der Waals surface area contributed by atoms with Crippen molar-refractivity contribution in [2.75, 3.05) is 17.6 Å². The average Bonchev–Trinajstić information content (AvgIpc) is 2.66. The van der Waals surface area contributed by atoms with Gasteiger partial charge >= 0.3 is 0 Å². The highest BCUT2D eigenvalue weighted by molar-refractivity contribution is 7.91. The van der Waals surface area contributed by atoms with Crippen LogP contribution in [0.3, 0.4) is 0 Å². The predicted molar refractivity (Wildman–Crippen MR) is 109 cm³/mol. The van der Waals surface area contributed by atoms with E-state index in [0.717, 1.165) is 16.7 Å². The topological polar surface area (TPSA) is 95.5 Å². The molecule has 0 bridgehead atoms. The van der Waals surface area contributed by atoms with Crippen LogP contribution in [0, 0.1) is 0 Å². The standard InChI is InChI=1S/C21H26N2O4S/c1-4-28(26,27)17-9-10-18-14(13-17)11-12-22-19(18)20(24)23-16-7-5-15(6-8-16)21(2,3)25/h5-10,13,19,22,25H,4,11-12H2,1-3H3,(H,23,24). The molecule has 7 heteroatoms. The van der Waals surface area contributed by atoms with Crippen molar-refractivity contribution in [2.24, 2.45) is 0 Å². The maximum Gasteiger partial charge on any atom is 0.246 e. The van der Waals surface area contributed by atoms with Crippen LogP contribution in [0.1, 0.15) is 43.5 Å². The quantitative estimate of drug-likeness (QED) is 0.714. The number of amides is 1. The first-order valence-corrected chi connectivity index (χ1v) is 11.0. The summed E-state index contributed by atoms with van der Waals surface area (Å²) < 4.78 is 24.3. The van der Waals surface area contributed by atoms with Crippen LogP contribution in [-0.2, 0) is 26.7 Å². The van der Waals surface area contributed by atoms with E-state index < -0.39 is 21.5 Å². The lowest BCUT2D eigenvalue weighted by molar-refractivity contribution is -0.118. The number of carbonyl (C=O) groups is 1. The molecule has 0 aromatic heterocycles. The fourth-order valence-corrected chi connectivity index (χ4v) is 4.24. The first-order valence-electron chi connectivity index (χ1n) is 9.34. The van der Waals surface area contributed by atoms with Crippen molar-refractivity contribution < 1.29 is 18.3 Å². The molecule has 3 N–H and O–H groups in total. The molecular formula is C21H26N2O4S. The molecule has 0 spiro atoms. The van der Waals surface area contributed by atoms with Crippen molar-refractivity contribution in [3.8, 4) is 0 Å². The summed E-state index contributed by atoms with van der Waals surface area (Å²) in [5.74, 6) is -0.155. The molecule has 6 nitrogen and oxygen atoms in total. The SMILES string of the molecule is CCS(=O)(=O)c1ccc2c(c1)CCNC2C(=O)Nc1ccc(C(C)(C)O)cc1. The van der Waals surface area contributed by atoms with E-state index in [1.165, 1.54) is 0 Å². The summed E-state index contributed by atoms with van der Waals surface area (Å²) in [6, 6.07) is 11.5. The second-order valence-corrected chi connectivity index (χ2v) is 9.81.